The molecule has 3 aromatic rings. The van der Waals surface area contributed by atoms with E-state index in [4.69, 9.17) is 9.15 Å². The van der Waals surface area contributed by atoms with E-state index in [-0.39, 0.29) is 24.2 Å². The molecule has 2 aromatic carbocycles. The van der Waals surface area contributed by atoms with Crippen molar-refractivity contribution in [3.63, 3.8) is 0 Å². The molecule has 7 nitrogen and oxygen atoms in total. The van der Waals surface area contributed by atoms with Gasteiger partial charge in [-0.2, -0.15) is 0 Å². The number of hydrogen-bond donors (Lipinski definition) is 0. The predicted octanol–water partition coefficient (Wildman–Crippen LogP) is 3.09. The summed E-state index contributed by atoms with van der Waals surface area (Å²) < 4.78 is 10.5. The predicted molar refractivity (Wildman–Crippen MR) is 113 cm³/mol. The van der Waals surface area contributed by atoms with Gasteiger partial charge in [-0.15, -0.1) is 0 Å². The van der Waals surface area contributed by atoms with Crippen molar-refractivity contribution in [3.05, 3.63) is 84.3 Å². The third kappa shape index (κ3) is 4.66. The second-order valence-electron chi connectivity index (χ2n) is 7.14. The molecule has 1 saturated heterocycles. The van der Waals surface area contributed by atoms with E-state index in [1.807, 2.05) is 42.5 Å². The molecule has 1 aliphatic heterocycles. The highest BCUT2D eigenvalue weighted by atomic mass is 16.5. The van der Waals surface area contributed by atoms with Gasteiger partial charge in [-0.3, -0.25) is 9.59 Å². The van der Waals surface area contributed by atoms with Crippen molar-refractivity contribution in [2.75, 3.05) is 32.8 Å². The van der Waals surface area contributed by atoms with Crippen LogP contribution in [0.15, 0.2) is 77.4 Å². The Morgan fingerprint density at radius 1 is 0.806 bits per heavy atom. The van der Waals surface area contributed by atoms with E-state index in [2.05, 4.69) is 0 Å². The molecule has 1 fully saturated rings. The van der Waals surface area contributed by atoms with Crippen molar-refractivity contribution in [2.45, 2.75) is 0 Å². The van der Waals surface area contributed by atoms with E-state index in [1.165, 1.54) is 6.26 Å². The zero-order chi connectivity index (χ0) is 21.6. The van der Waals surface area contributed by atoms with Gasteiger partial charge in [0.25, 0.3) is 11.8 Å². The standard InChI is InChI=1S/C24H22N2O5/c27-22(25-12-14-26(15-13-25)23(28)21-11-6-16-30-21)17-31-24(29)20-10-5-4-9-19(20)18-7-2-1-3-8-18/h1-11,16H,12-15,17H2. The van der Waals surface area contributed by atoms with E-state index >= 15 is 0 Å². The fraction of sp³-hybridized carbons (Fsp3) is 0.208. The van der Waals surface area contributed by atoms with Gasteiger partial charge in [0.1, 0.15) is 0 Å². The number of piperazine rings is 1. The number of ether oxygens (including phenoxy) is 1. The zero-order valence-electron chi connectivity index (χ0n) is 16.9. The number of rotatable bonds is 5. The summed E-state index contributed by atoms with van der Waals surface area (Å²) in [7, 11) is 0. The number of benzene rings is 2. The van der Waals surface area contributed by atoms with Crippen molar-refractivity contribution in [1.82, 2.24) is 9.80 Å². The summed E-state index contributed by atoms with van der Waals surface area (Å²) in [6.45, 7) is 1.22. The highest BCUT2D eigenvalue weighted by Gasteiger charge is 2.26. The summed E-state index contributed by atoms with van der Waals surface area (Å²) in [5, 5.41) is 0. The van der Waals surface area contributed by atoms with Crippen molar-refractivity contribution >= 4 is 17.8 Å². The maximum Gasteiger partial charge on any atom is 0.339 e. The molecule has 1 aromatic heterocycles. The largest absolute Gasteiger partial charge is 0.459 e. The first-order chi connectivity index (χ1) is 15.1. The van der Waals surface area contributed by atoms with Crippen LogP contribution in [-0.2, 0) is 9.53 Å². The second-order valence-corrected chi connectivity index (χ2v) is 7.14. The molecule has 0 radical (unpaired) electrons. The fourth-order valence-electron chi connectivity index (χ4n) is 3.54. The Kier molecular flexibility index (Phi) is 6.12. The summed E-state index contributed by atoms with van der Waals surface area (Å²) in [6.07, 6.45) is 1.46. The van der Waals surface area contributed by atoms with Crippen LogP contribution in [-0.4, -0.2) is 60.4 Å². The number of furan rings is 1. The molecule has 0 atom stereocenters. The van der Waals surface area contributed by atoms with Crippen LogP contribution in [0.25, 0.3) is 11.1 Å². The van der Waals surface area contributed by atoms with Gasteiger partial charge in [0, 0.05) is 26.2 Å². The molecule has 0 aliphatic carbocycles. The molecule has 2 heterocycles. The maximum atomic E-state index is 12.6. The summed E-state index contributed by atoms with van der Waals surface area (Å²) in [4.78, 5) is 40.7. The molecule has 4 rings (SSSR count). The van der Waals surface area contributed by atoms with Crippen molar-refractivity contribution < 1.29 is 23.5 Å². The Labute approximate surface area is 179 Å². The lowest BCUT2D eigenvalue weighted by Crippen LogP contribution is -2.51. The minimum absolute atomic E-state index is 0.193. The summed E-state index contributed by atoms with van der Waals surface area (Å²) in [5.41, 5.74) is 2.07. The van der Waals surface area contributed by atoms with Crippen molar-refractivity contribution in [1.29, 1.82) is 0 Å². The Morgan fingerprint density at radius 2 is 1.48 bits per heavy atom. The van der Waals surface area contributed by atoms with Crippen molar-refractivity contribution in [2.24, 2.45) is 0 Å². The average Bonchev–Trinajstić information content (AvgIpc) is 3.37. The van der Waals surface area contributed by atoms with E-state index in [1.54, 1.807) is 34.1 Å². The van der Waals surface area contributed by atoms with Gasteiger partial charge in [-0.05, 0) is 29.3 Å². The molecule has 0 bridgehead atoms. The number of nitrogens with zero attached hydrogens (tertiary/aromatic N) is 2. The SMILES string of the molecule is O=C(OCC(=O)N1CCN(C(=O)c2ccco2)CC1)c1ccccc1-c1ccccc1. The quantitative estimate of drug-likeness (QED) is 0.595. The lowest BCUT2D eigenvalue weighted by Gasteiger charge is -2.34. The van der Waals surface area contributed by atoms with E-state index in [9.17, 15) is 14.4 Å². The highest BCUT2D eigenvalue weighted by molar-refractivity contribution is 5.98. The molecule has 7 heteroatoms. The minimum Gasteiger partial charge on any atom is -0.459 e. The Balaban J connectivity index is 1.32. The monoisotopic (exact) mass is 418 g/mol. The lowest BCUT2D eigenvalue weighted by molar-refractivity contribution is -0.136. The highest BCUT2D eigenvalue weighted by Crippen LogP contribution is 2.24. The van der Waals surface area contributed by atoms with Crippen LogP contribution in [0.1, 0.15) is 20.9 Å². The van der Waals surface area contributed by atoms with Gasteiger partial charge >= 0.3 is 5.97 Å². The molecular formula is C24H22N2O5. The Morgan fingerprint density at radius 3 is 2.19 bits per heavy atom. The lowest BCUT2D eigenvalue weighted by atomic mass is 10.00. The molecule has 0 unspecified atom stereocenters. The number of hydrogen-bond acceptors (Lipinski definition) is 5. The van der Waals surface area contributed by atoms with E-state index in [0.717, 1.165) is 11.1 Å². The number of esters is 1. The molecule has 0 saturated carbocycles. The normalized spacial score (nSPS) is 13.7. The smallest absolute Gasteiger partial charge is 0.339 e. The summed E-state index contributed by atoms with van der Waals surface area (Å²) >= 11 is 0. The average molecular weight is 418 g/mol. The van der Waals surface area contributed by atoms with Gasteiger partial charge in [-0.25, -0.2) is 4.79 Å². The van der Waals surface area contributed by atoms with Gasteiger partial charge in [0.05, 0.1) is 11.8 Å². The minimum atomic E-state index is -0.542. The zero-order valence-corrected chi connectivity index (χ0v) is 16.9. The van der Waals surface area contributed by atoms with E-state index < -0.39 is 5.97 Å². The van der Waals surface area contributed by atoms with Gasteiger partial charge < -0.3 is 19.0 Å². The van der Waals surface area contributed by atoms with Crippen LogP contribution in [0.5, 0.6) is 0 Å². The topological polar surface area (TPSA) is 80.1 Å². The molecule has 158 valence electrons. The maximum absolute atomic E-state index is 12.6. The van der Waals surface area contributed by atoms with Crippen LogP contribution in [0.4, 0.5) is 0 Å². The van der Waals surface area contributed by atoms with E-state index in [0.29, 0.717) is 31.7 Å². The molecular weight excluding hydrogens is 396 g/mol. The number of carbonyl (C=O) groups excluding carboxylic acids is 3. The number of carbonyl (C=O) groups is 3. The Hall–Kier alpha value is -3.87. The van der Waals surface area contributed by atoms with Gasteiger partial charge in [0.15, 0.2) is 12.4 Å². The summed E-state index contributed by atoms with van der Waals surface area (Å²) in [5.74, 6) is -0.734. The van der Waals surface area contributed by atoms with Gasteiger partial charge in [-0.1, -0.05) is 48.5 Å². The van der Waals surface area contributed by atoms with Crippen LogP contribution < -0.4 is 0 Å². The molecule has 0 N–H and O–H groups in total. The van der Waals surface area contributed by atoms with Gasteiger partial charge in [0.2, 0.25) is 0 Å². The summed E-state index contributed by atoms with van der Waals surface area (Å²) in [6, 6.07) is 20.0. The second kappa shape index (κ2) is 9.30. The molecule has 1 aliphatic rings. The van der Waals surface area contributed by atoms with Crippen LogP contribution in [0.2, 0.25) is 0 Å². The molecule has 2 amide bonds. The van der Waals surface area contributed by atoms with Crippen molar-refractivity contribution in [3.8, 4) is 11.1 Å². The van der Waals surface area contributed by atoms with Crippen LogP contribution in [0, 0.1) is 0 Å². The van der Waals surface area contributed by atoms with Crippen LogP contribution >= 0.6 is 0 Å². The van der Waals surface area contributed by atoms with Crippen LogP contribution in [0.3, 0.4) is 0 Å². The number of amides is 2. The molecule has 0 spiro atoms. The third-order valence-electron chi connectivity index (χ3n) is 5.21. The first-order valence-electron chi connectivity index (χ1n) is 10.1. The fourth-order valence-corrected chi connectivity index (χ4v) is 3.54. The third-order valence-corrected chi connectivity index (χ3v) is 5.21. The Bertz CT molecular complexity index is 1050. The first kappa shape index (κ1) is 20.4. The molecule has 31 heavy (non-hydrogen) atoms. The first-order valence-corrected chi connectivity index (χ1v) is 10.1.